The molecule has 28 heavy (non-hydrogen) atoms. The Labute approximate surface area is 164 Å². The molecule has 1 aromatic carbocycles. The molecule has 0 radical (unpaired) electrons. The van der Waals surface area contributed by atoms with Crippen LogP contribution in [0.25, 0.3) is 0 Å². The summed E-state index contributed by atoms with van der Waals surface area (Å²) in [5.74, 6) is -1.63. The fraction of sp³-hybridized carbons (Fsp3) is 0.556. The summed E-state index contributed by atoms with van der Waals surface area (Å²) in [6.45, 7) is 2.34. The number of nitrogens with zero attached hydrogens (tertiary/aromatic N) is 2. The first kappa shape index (κ1) is 22.1. The van der Waals surface area contributed by atoms with Gasteiger partial charge in [0.15, 0.2) is 0 Å². The third-order valence-electron chi connectivity index (χ3n) is 4.64. The number of likely N-dealkylation sites (N-methyl/N-ethyl adjacent to an activating group) is 1. The van der Waals surface area contributed by atoms with Crippen LogP contribution in [0.3, 0.4) is 0 Å². The van der Waals surface area contributed by atoms with E-state index in [1.807, 2.05) is 0 Å². The smallest absolute Gasteiger partial charge is 0.309 e. The van der Waals surface area contributed by atoms with Gasteiger partial charge in [-0.15, -0.1) is 0 Å². The maximum atomic E-state index is 13.5. The number of likely N-dealkylation sites (tertiary alicyclic amines) is 1. The number of piperidine rings is 1. The first-order chi connectivity index (χ1) is 13.2. The van der Waals surface area contributed by atoms with Crippen LogP contribution in [0, 0.1) is 11.7 Å². The van der Waals surface area contributed by atoms with Crippen molar-refractivity contribution in [2.24, 2.45) is 5.92 Å². The van der Waals surface area contributed by atoms with Crippen LogP contribution in [0.15, 0.2) is 23.1 Å². The highest BCUT2D eigenvalue weighted by Crippen LogP contribution is 2.27. The number of hydrogen-bond acceptors (Lipinski definition) is 6. The van der Waals surface area contributed by atoms with Crippen molar-refractivity contribution in [3.05, 3.63) is 24.0 Å². The minimum atomic E-state index is -4.12. The normalized spacial score (nSPS) is 15.5. The molecule has 0 bridgehead atoms. The van der Waals surface area contributed by atoms with Gasteiger partial charge in [-0.3, -0.25) is 9.59 Å². The number of rotatable bonds is 7. The van der Waals surface area contributed by atoms with Crippen LogP contribution in [-0.4, -0.2) is 69.9 Å². The Hall–Kier alpha value is -2.20. The van der Waals surface area contributed by atoms with Gasteiger partial charge in [-0.05, 0) is 38.0 Å². The van der Waals surface area contributed by atoms with Gasteiger partial charge in [0.25, 0.3) is 0 Å². The van der Waals surface area contributed by atoms with Crippen LogP contribution >= 0.6 is 0 Å². The summed E-state index contributed by atoms with van der Waals surface area (Å²) < 4.78 is 49.9. The maximum absolute atomic E-state index is 13.5. The van der Waals surface area contributed by atoms with Crippen LogP contribution in [0.4, 0.5) is 4.39 Å². The van der Waals surface area contributed by atoms with E-state index in [0.717, 1.165) is 16.4 Å². The number of amides is 1. The molecule has 8 nitrogen and oxygen atoms in total. The summed E-state index contributed by atoms with van der Waals surface area (Å²) in [5, 5.41) is 0. The van der Waals surface area contributed by atoms with Crippen molar-refractivity contribution < 1.29 is 31.9 Å². The van der Waals surface area contributed by atoms with Gasteiger partial charge in [-0.1, -0.05) is 0 Å². The van der Waals surface area contributed by atoms with Crippen LogP contribution < -0.4 is 4.74 Å². The van der Waals surface area contributed by atoms with E-state index in [-0.39, 0.29) is 28.4 Å². The van der Waals surface area contributed by atoms with Crippen molar-refractivity contribution in [1.29, 1.82) is 0 Å². The number of sulfonamides is 1. The number of methoxy groups -OCH3 is 1. The number of carbonyl (C=O) groups is 2. The molecule has 0 atom stereocenters. The molecule has 1 aliphatic heterocycles. The predicted octanol–water partition coefficient (Wildman–Crippen LogP) is 1.26. The van der Waals surface area contributed by atoms with E-state index in [0.29, 0.717) is 32.5 Å². The number of benzene rings is 1. The first-order valence-corrected chi connectivity index (χ1v) is 10.4. The quantitative estimate of drug-likeness (QED) is 0.621. The van der Waals surface area contributed by atoms with Gasteiger partial charge >= 0.3 is 5.97 Å². The zero-order valence-electron chi connectivity index (χ0n) is 16.2. The van der Waals surface area contributed by atoms with E-state index in [1.165, 1.54) is 25.1 Å². The highest BCUT2D eigenvalue weighted by atomic mass is 32.2. The molecule has 0 aromatic heterocycles. The second kappa shape index (κ2) is 9.33. The molecule has 1 aliphatic rings. The van der Waals surface area contributed by atoms with Gasteiger partial charge < -0.3 is 14.4 Å². The zero-order chi connectivity index (χ0) is 20.9. The molecule has 0 unspecified atom stereocenters. The number of carbonyl (C=O) groups excluding carboxylic acids is 2. The summed E-state index contributed by atoms with van der Waals surface area (Å²) in [5.41, 5.74) is 0. The SMILES string of the molecule is CCOC(=O)C1CCN(C(=O)CN(C)S(=O)(=O)c2cc(F)ccc2OC)CC1. The van der Waals surface area contributed by atoms with Gasteiger partial charge in [-0.2, -0.15) is 4.31 Å². The zero-order valence-corrected chi connectivity index (χ0v) is 17.0. The monoisotopic (exact) mass is 416 g/mol. The van der Waals surface area contributed by atoms with Crippen molar-refractivity contribution >= 4 is 21.9 Å². The van der Waals surface area contributed by atoms with Crippen LogP contribution in [0.2, 0.25) is 0 Å². The predicted molar refractivity (Wildman–Crippen MR) is 98.7 cm³/mol. The van der Waals surface area contributed by atoms with E-state index in [4.69, 9.17) is 9.47 Å². The fourth-order valence-corrected chi connectivity index (χ4v) is 4.30. The summed E-state index contributed by atoms with van der Waals surface area (Å²) in [4.78, 5) is 25.5. The molecule has 1 amide bonds. The lowest BCUT2D eigenvalue weighted by Gasteiger charge is -2.32. The summed E-state index contributed by atoms with van der Waals surface area (Å²) in [6.07, 6.45) is 0.942. The fourth-order valence-electron chi connectivity index (χ4n) is 3.02. The first-order valence-electron chi connectivity index (χ1n) is 8.95. The Morgan fingerprint density at radius 1 is 1.29 bits per heavy atom. The molecule has 1 fully saturated rings. The Morgan fingerprint density at radius 3 is 2.50 bits per heavy atom. The third kappa shape index (κ3) is 4.99. The van der Waals surface area contributed by atoms with Crippen LogP contribution in [-0.2, 0) is 24.3 Å². The standard InChI is InChI=1S/C18H25FN2O6S/c1-4-27-18(23)13-7-9-21(10-8-13)17(22)12-20(2)28(24,25)16-11-14(19)5-6-15(16)26-3/h5-6,11,13H,4,7-10,12H2,1-3H3. The largest absolute Gasteiger partial charge is 0.495 e. The van der Waals surface area contributed by atoms with E-state index in [1.54, 1.807) is 6.92 Å². The average Bonchev–Trinajstić information content (AvgIpc) is 2.68. The lowest BCUT2D eigenvalue weighted by Crippen LogP contribution is -2.45. The molecule has 0 aliphatic carbocycles. The summed E-state index contributed by atoms with van der Waals surface area (Å²) >= 11 is 0. The van der Waals surface area contributed by atoms with Gasteiger partial charge in [-0.25, -0.2) is 12.8 Å². The summed E-state index contributed by atoms with van der Waals surface area (Å²) in [6, 6.07) is 3.18. The molecule has 2 rings (SSSR count). The van der Waals surface area contributed by atoms with Gasteiger partial charge in [0.1, 0.15) is 16.5 Å². The van der Waals surface area contributed by atoms with E-state index in [2.05, 4.69) is 0 Å². The second-order valence-corrected chi connectivity index (χ2v) is 8.48. The maximum Gasteiger partial charge on any atom is 0.309 e. The Morgan fingerprint density at radius 2 is 1.93 bits per heavy atom. The molecule has 156 valence electrons. The summed E-state index contributed by atoms with van der Waals surface area (Å²) in [7, 11) is -1.59. The van der Waals surface area contributed by atoms with Crippen LogP contribution in [0.5, 0.6) is 5.75 Å². The van der Waals surface area contributed by atoms with Gasteiger partial charge in [0.2, 0.25) is 15.9 Å². The van der Waals surface area contributed by atoms with Gasteiger partial charge in [0, 0.05) is 20.1 Å². The number of ether oxygens (including phenoxy) is 2. The van der Waals surface area contributed by atoms with Crippen molar-refractivity contribution in [2.75, 3.05) is 40.4 Å². The minimum absolute atomic E-state index is 0.00375. The van der Waals surface area contributed by atoms with Crippen LogP contribution in [0.1, 0.15) is 19.8 Å². The molecular formula is C18H25FN2O6S. The van der Waals surface area contributed by atoms with Crippen molar-refractivity contribution in [3.63, 3.8) is 0 Å². The molecule has 0 spiro atoms. The molecule has 0 N–H and O–H groups in total. The molecular weight excluding hydrogens is 391 g/mol. The topological polar surface area (TPSA) is 93.2 Å². The van der Waals surface area contributed by atoms with E-state index < -0.39 is 22.4 Å². The van der Waals surface area contributed by atoms with Crippen molar-refractivity contribution in [1.82, 2.24) is 9.21 Å². The lowest BCUT2D eigenvalue weighted by atomic mass is 9.97. The molecule has 0 saturated carbocycles. The number of halogens is 1. The Bertz CT molecular complexity index is 821. The molecule has 1 heterocycles. The van der Waals surface area contributed by atoms with Crippen molar-refractivity contribution in [2.45, 2.75) is 24.7 Å². The lowest BCUT2D eigenvalue weighted by molar-refractivity contribution is -0.151. The average molecular weight is 416 g/mol. The Kier molecular flexibility index (Phi) is 7.36. The molecule has 10 heteroatoms. The van der Waals surface area contributed by atoms with Gasteiger partial charge in [0.05, 0.1) is 26.2 Å². The number of esters is 1. The second-order valence-electron chi connectivity index (χ2n) is 6.46. The minimum Gasteiger partial charge on any atom is -0.495 e. The van der Waals surface area contributed by atoms with E-state index >= 15 is 0 Å². The highest BCUT2D eigenvalue weighted by Gasteiger charge is 2.31. The molecule has 1 aromatic rings. The van der Waals surface area contributed by atoms with E-state index in [9.17, 15) is 22.4 Å². The number of hydrogen-bond donors (Lipinski definition) is 0. The molecule has 1 saturated heterocycles. The highest BCUT2D eigenvalue weighted by molar-refractivity contribution is 7.89. The Balaban J connectivity index is 2.03. The third-order valence-corrected chi connectivity index (χ3v) is 6.46. The van der Waals surface area contributed by atoms with Crippen molar-refractivity contribution in [3.8, 4) is 5.75 Å².